The van der Waals surface area contributed by atoms with E-state index < -0.39 is 0 Å². The fourth-order valence-electron chi connectivity index (χ4n) is 4.65. The van der Waals surface area contributed by atoms with Crippen molar-refractivity contribution >= 4 is 27.7 Å². The molecule has 0 bridgehead atoms. The zero-order valence-corrected chi connectivity index (χ0v) is 24.2. The summed E-state index contributed by atoms with van der Waals surface area (Å²) in [5.41, 5.74) is 1.84. The molecule has 0 aliphatic carbocycles. The molecule has 0 radical (unpaired) electrons. The smallest absolute Gasteiger partial charge is 0.265 e. The van der Waals surface area contributed by atoms with Gasteiger partial charge in [-0.2, -0.15) is 0 Å². The minimum atomic E-state index is -0.348. The van der Waals surface area contributed by atoms with Crippen LogP contribution in [-0.4, -0.2) is 68.7 Å². The molecule has 192 valence electrons. The third-order valence-electron chi connectivity index (χ3n) is 6.80. The first-order valence-corrected chi connectivity index (χ1v) is 12.4. The molecule has 0 fully saturated rings. The van der Waals surface area contributed by atoms with Crippen LogP contribution in [0.3, 0.4) is 0 Å². The van der Waals surface area contributed by atoms with E-state index in [0.717, 1.165) is 48.0 Å². The SMILES string of the molecule is CC[N+](CC)(CCCCN1C(=O)c2cc(OC)c(OC)c(OC)c2C1=O)Cc1ccc(Br)cc1.[Br-]. The van der Waals surface area contributed by atoms with E-state index in [1.807, 2.05) is 0 Å². The van der Waals surface area contributed by atoms with Gasteiger partial charge in [-0.25, -0.2) is 0 Å². The van der Waals surface area contributed by atoms with Gasteiger partial charge in [-0.05, 0) is 44.9 Å². The number of methoxy groups -OCH3 is 3. The molecule has 9 heteroatoms. The predicted molar refractivity (Wildman–Crippen MR) is 135 cm³/mol. The molecule has 0 unspecified atom stereocenters. The van der Waals surface area contributed by atoms with Crippen LogP contribution in [0.5, 0.6) is 17.2 Å². The second kappa shape index (κ2) is 12.7. The molecular weight excluding hydrogens is 580 g/mol. The summed E-state index contributed by atoms with van der Waals surface area (Å²) in [6, 6.07) is 10.0. The van der Waals surface area contributed by atoms with E-state index in [2.05, 4.69) is 54.0 Å². The zero-order chi connectivity index (χ0) is 24.9. The highest BCUT2D eigenvalue weighted by Gasteiger charge is 2.40. The molecule has 0 atom stereocenters. The molecule has 0 N–H and O–H groups in total. The summed E-state index contributed by atoms with van der Waals surface area (Å²) in [4.78, 5) is 27.5. The van der Waals surface area contributed by atoms with Crippen molar-refractivity contribution in [3.05, 3.63) is 51.5 Å². The molecule has 3 rings (SSSR count). The number of fused-ring (bicyclic) bond motifs is 1. The summed E-state index contributed by atoms with van der Waals surface area (Å²) in [7, 11) is 4.42. The Morgan fingerprint density at radius 3 is 2.06 bits per heavy atom. The number of rotatable bonds is 12. The molecule has 7 nitrogen and oxygen atoms in total. The van der Waals surface area contributed by atoms with Crippen LogP contribution < -0.4 is 31.2 Å². The standard InChI is InChI=1S/C26H34BrN2O5.BrH/c1-6-29(7-2,17-18-10-12-19(27)13-11-18)15-9-8-14-28-25(30)20-16-21(32-3)23(33-4)24(34-5)22(20)26(28)31;/h10-13,16H,6-9,14-15,17H2,1-5H3;1H/q+1;/p-1. The molecule has 1 aliphatic heterocycles. The van der Waals surface area contributed by atoms with E-state index in [1.54, 1.807) is 6.07 Å². The minimum absolute atomic E-state index is 0. The molecule has 1 aliphatic rings. The van der Waals surface area contributed by atoms with Gasteiger partial charge in [-0.1, -0.05) is 28.1 Å². The summed E-state index contributed by atoms with van der Waals surface area (Å²) in [5, 5.41) is 0. The number of benzene rings is 2. The first-order chi connectivity index (χ1) is 16.3. The molecule has 0 saturated heterocycles. The van der Waals surface area contributed by atoms with Gasteiger partial charge in [0, 0.05) is 16.6 Å². The molecule has 0 saturated carbocycles. The lowest BCUT2D eigenvalue weighted by atomic mass is 10.1. The van der Waals surface area contributed by atoms with Gasteiger partial charge in [0.05, 0.1) is 52.1 Å². The van der Waals surface area contributed by atoms with Gasteiger partial charge in [0.2, 0.25) is 5.75 Å². The van der Waals surface area contributed by atoms with E-state index in [9.17, 15) is 9.59 Å². The van der Waals surface area contributed by atoms with Gasteiger partial charge in [-0.15, -0.1) is 0 Å². The number of unbranched alkanes of at least 4 members (excludes halogenated alkanes) is 1. The Hall–Kier alpha value is -2.10. The van der Waals surface area contributed by atoms with Crippen LogP contribution in [0.4, 0.5) is 0 Å². The maximum Gasteiger partial charge on any atom is 0.265 e. The lowest BCUT2D eigenvalue weighted by Gasteiger charge is -2.37. The van der Waals surface area contributed by atoms with Crippen molar-refractivity contribution in [2.75, 3.05) is 47.5 Å². The van der Waals surface area contributed by atoms with Crippen LogP contribution in [0, 0.1) is 0 Å². The van der Waals surface area contributed by atoms with Crippen LogP contribution in [-0.2, 0) is 6.54 Å². The summed E-state index contributed by atoms with van der Waals surface area (Å²) in [6.45, 7) is 8.80. The lowest BCUT2D eigenvalue weighted by Crippen LogP contribution is -3.00. The fourth-order valence-corrected chi connectivity index (χ4v) is 4.91. The third kappa shape index (κ3) is 6.01. The van der Waals surface area contributed by atoms with Crippen molar-refractivity contribution in [3.63, 3.8) is 0 Å². The van der Waals surface area contributed by atoms with Crippen molar-refractivity contribution in [3.8, 4) is 17.2 Å². The number of quaternary nitrogens is 1. The maximum absolute atomic E-state index is 13.1. The van der Waals surface area contributed by atoms with Gasteiger partial charge in [0.25, 0.3) is 11.8 Å². The Morgan fingerprint density at radius 1 is 0.886 bits per heavy atom. The topological polar surface area (TPSA) is 65.1 Å². The predicted octanol–water partition coefficient (Wildman–Crippen LogP) is 1.91. The Bertz CT molecular complexity index is 1040. The molecule has 0 spiro atoms. The number of nitrogens with zero attached hydrogens (tertiary/aromatic N) is 2. The summed E-state index contributed by atoms with van der Waals surface area (Å²) in [6.07, 6.45) is 1.65. The van der Waals surface area contributed by atoms with Crippen LogP contribution in [0.1, 0.15) is 53.0 Å². The highest BCUT2D eigenvalue weighted by molar-refractivity contribution is 9.10. The maximum atomic E-state index is 13.1. The average molecular weight is 614 g/mol. The zero-order valence-electron chi connectivity index (χ0n) is 21.0. The molecule has 1 heterocycles. The largest absolute Gasteiger partial charge is 1.00 e. The van der Waals surface area contributed by atoms with E-state index in [4.69, 9.17) is 14.2 Å². The van der Waals surface area contributed by atoms with Crippen molar-refractivity contribution < 1.29 is 45.3 Å². The number of carbonyl (C=O) groups is 2. The van der Waals surface area contributed by atoms with Gasteiger partial charge >= 0.3 is 0 Å². The number of imide groups is 1. The van der Waals surface area contributed by atoms with Gasteiger partial charge < -0.3 is 35.7 Å². The molecule has 0 aromatic heterocycles. The van der Waals surface area contributed by atoms with Crippen LogP contribution in [0.2, 0.25) is 0 Å². The van der Waals surface area contributed by atoms with Gasteiger partial charge in [-0.3, -0.25) is 14.5 Å². The van der Waals surface area contributed by atoms with E-state index >= 15 is 0 Å². The number of ether oxygens (including phenoxy) is 3. The van der Waals surface area contributed by atoms with Gasteiger partial charge in [0.1, 0.15) is 6.54 Å². The Kier molecular flexibility index (Phi) is 10.6. The molecule has 2 amide bonds. The Balaban J connectivity index is 0.00000432. The number of hydrogen-bond acceptors (Lipinski definition) is 5. The van der Waals surface area contributed by atoms with Crippen molar-refractivity contribution in [2.45, 2.75) is 33.2 Å². The number of hydrogen-bond donors (Lipinski definition) is 0. The van der Waals surface area contributed by atoms with Crippen molar-refractivity contribution in [1.82, 2.24) is 4.90 Å². The number of halogens is 2. The second-order valence-corrected chi connectivity index (χ2v) is 9.43. The fraction of sp³-hybridized carbons (Fsp3) is 0.462. The highest BCUT2D eigenvalue weighted by Crippen LogP contribution is 2.45. The molecule has 35 heavy (non-hydrogen) atoms. The second-order valence-electron chi connectivity index (χ2n) is 8.52. The van der Waals surface area contributed by atoms with Crippen LogP contribution >= 0.6 is 15.9 Å². The summed E-state index contributed by atoms with van der Waals surface area (Å²) >= 11 is 3.50. The minimum Gasteiger partial charge on any atom is -1.00 e. The highest BCUT2D eigenvalue weighted by atomic mass is 79.9. The monoisotopic (exact) mass is 612 g/mol. The van der Waals surface area contributed by atoms with Crippen molar-refractivity contribution in [1.29, 1.82) is 0 Å². The molecule has 2 aromatic carbocycles. The Morgan fingerprint density at radius 2 is 1.51 bits per heavy atom. The quantitative estimate of drug-likeness (QED) is 0.208. The van der Waals surface area contributed by atoms with E-state index in [0.29, 0.717) is 23.6 Å². The van der Waals surface area contributed by atoms with E-state index in [1.165, 1.54) is 31.8 Å². The molecule has 2 aromatic rings. The van der Waals surface area contributed by atoms with Crippen LogP contribution in [0.15, 0.2) is 34.8 Å². The summed E-state index contributed by atoms with van der Waals surface area (Å²) in [5.74, 6) is 0.245. The molecular formula is C26H34Br2N2O5. The number of amides is 2. The summed E-state index contributed by atoms with van der Waals surface area (Å²) < 4.78 is 18.2. The average Bonchev–Trinajstić information content (AvgIpc) is 3.10. The number of carbonyl (C=O) groups excluding carboxylic acids is 2. The van der Waals surface area contributed by atoms with E-state index in [-0.39, 0.29) is 40.1 Å². The Labute approximate surface area is 226 Å². The first kappa shape index (κ1) is 29.1. The van der Waals surface area contributed by atoms with Crippen molar-refractivity contribution in [2.24, 2.45) is 0 Å². The van der Waals surface area contributed by atoms with Crippen LogP contribution in [0.25, 0.3) is 0 Å². The van der Waals surface area contributed by atoms with Gasteiger partial charge in [0.15, 0.2) is 11.5 Å². The lowest BCUT2D eigenvalue weighted by molar-refractivity contribution is -0.938. The first-order valence-electron chi connectivity index (χ1n) is 11.6. The normalized spacial score (nSPS) is 12.9. The third-order valence-corrected chi connectivity index (χ3v) is 7.33.